The first-order valence-corrected chi connectivity index (χ1v) is 17.1. The standard InChI is InChI=1S/C33H42F2N4O3.2C2H6/c1-32(2)17-16-22-18-21(12-14-27(22)42-32)8-4-5-9-24-19-29(41)39(31(36)38-24)30-23(13-15-28(40)37-3)20-33(34,35)26-11-7-6-10-25(26)30;2*1-2/h6-7,10-12,14,18,23-24,30H,4-5,8-9,13,15-17,19-20H2,1-3H3,(H2,36,38)(H,37,40);2*1-2H3. The van der Waals surface area contributed by atoms with E-state index in [1.807, 2.05) is 27.7 Å². The molecular weight excluding hydrogens is 586 g/mol. The summed E-state index contributed by atoms with van der Waals surface area (Å²) in [4.78, 5) is 31.6. The molecule has 5 rings (SSSR count). The van der Waals surface area contributed by atoms with E-state index in [2.05, 4.69) is 42.4 Å². The molecule has 0 saturated heterocycles. The first-order chi connectivity index (χ1) is 22.0. The molecule has 254 valence electrons. The Morgan fingerprint density at radius 1 is 1.09 bits per heavy atom. The molecule has 2 amide bonds. The fraction of sp³-hybridized carbons (Fsp3) is 0.595. The van der Waals surface area contributed by atoms with Crippen LogP contribution in [0.1, 0.15) is 121 Å². The van der Waals surface area contributed by atoms with E-state index >= 15 is 8.78 Å². The third-order valence-corrected chi connectivity index (χ3v) is 8.94. The molecule has 2 aliphatic heterocycles. The monoisotopic (exact) mass is 640 g/mol. The summed E-state index contributed by atoms with van der Waals surface area (Å²) in [5, 5.41) is 2.55. The molecular formula is C37H54F2N4O3. The maximum atomic E-state index is 15.2. The fourth-order valence-corrected chi connectivity index (χ4v) is 6.71. The summed E-state index contributed by atoms with van der Waals surface area (Å²) in [6, 6.07) is 11.9. The minimum absolute atomic E-state index is 0.0730. The number of hydrogen-bond acceptors (Lipinski definition) is 5. The van der Waals surface area contributed by atoms with E-state index in [0.717, 1.165) is 44.3 Å². The van der Waals surface area contributed by atoms with Gasteiger partial charge in [-0.1, -0.05) is 70.5 Å². The Hall–Kier alpha value is -3.49. The SMILES string of the molecule is CC.CC.CNC(=O)CCC1CC(F)(F)c2ccccc2C1N1C(=O)CC(CCCCc2ccc3c(c2)CCC(C)(C)O3)N=C1N. The van der Waals surface area contributed by atoms with Gasteiger partial charge in [-0.2, -0.15) is 0 Å². The molecule has 1 aliphatic carbocycles. The van der Waals surface area contributed by atoms with Crippen molar-refractivity contribution in [3.63, 3.8) is 0 Å². The van der Waals surface area contributed by atoms with E-state index in [4.69, 9.17) is 10.5 Å². The molecule has 0 saturated carbocycles. The summed E-state index contributed by atoms with van der Waals surface area (Å²) in [5.41, 5.74) is 9.12. The minimum Gasteiger partial charge on any atom is -0.488 e. The van der Waals surface area contributed by atoms with Crippen LogP contribution in [-0.2, 0) is 28.4 Å². The van der Waals surface area contributed by atoms with Crippen LogP contribution in [0.2, 0.25) is 0 Å². The van der Waals surface area contributed by atoms with Gasteiger partial charge in [-0.05, 0) is 81.0 Å². The van der Waals surface area contributed by atoms with Gasteiger partial charge in [-0.15, -0.1) is 0 Å². The van der Waals surface area contributed by atoms with Gasteiger partial charge in [0.25, 0.3) is 5.92 Å². The first-order valence-electron chi connectivity index (χ1n) is 17.1. The van der Waals surface area contributed by atoms with Crippen LogP contribution in [0.15, 0.2) is 47.5 Å². The molecule has 7 nitrogen and oxygen atoms in total. The second kappa shape index (κ2) is 16.4. The zero-order valence-corrected chi connectivity index (χ0v) is 28.8. The average Bonchev–Trinajstić information content (AvgIpc) is 3.04. The third-order valence-electron chi connectivity index (χ3n) is 8.94. The highest BCUT2D eigenvalue weighted by atomic mass is 19.3. The van der Waals surface area contributed by atoms with Crippen molar-refractivity contribution in [1.82, 2.24) is 10.2 Å². The highest BCUT2D eigenvalue weighted by molar-refractivity contribution is 5.99. The van der Waals surface area contributed by atoms with E-state index in [9.17, 15) is 9.59 Å². The smallest absolute Gasteiger partial charge is 0.273 e. The second-order valence-corrected chi connectivity index (χ2v) is 12.6. The maximum Gasteiger partial charge on any atom is 0.273 e. The number of guanidine groups is 1. The molecule has 0 radical (unpaired) electrons. The number of ether oxygens (including phenoxy) is 1. The van der Waals surface area contributed by atoms with E-state index in [1.54, 1.807) is 18.2 Å². The molecule has 2 aromatic carbocycles. The average molecular weight is 641 g/mol. The summed E-state index contributed by atoms with van der Waals surface area (Å²) < 4.78 is 36.5. The Balaban J connectivity index is 0.00000139. The predicted molar refractivity (Wildman–Crippen MR) is 181 cm³/mol. The lowest BCUT2D eigenvalue weighted by atomic mass is 9.74. The quantitative estimate of drug-likeness (QED) is 0.273. The molecule has 0 bridgehead atoms. The van der Waals surface area contributed by atoms with Crippen LogP contribution in [0.4, 0.5) is 8.78 Å². The van der Waals surface area contributed by atoms with Crippen LogP contribution in [0, 0.1) is 5.92 Å². The zero-order valence-electron chi connectivity index (χ0n) is 28.8. The Morgan fingerprint density at radius 2 is 1.80 bits per heavy atom. The number of nitrogens with zero attached hydrogens (tertiary/aromatic N) is 2. The number of carbonyl (C=O) groups is 2. The van der Waals surface area contributed by atoms with Crippen molar-refractivity contribution >= 4 is 17.8 Å². The molecule has 3 N–H and O–H groups in total. The number of fused-ring (bicyclic) bond motifs is 2. The lowest BCUT2D eigenvalue weighted by Gasteiger charge is -2.44. The summed E-state index contributed by atoms with van der Waals surface area (Å²) >= 11 is 0. The van der Waals surface area contributed by atoms with Crippen LogP contribution < -0.4 is 15.8 Å². The number of aliphatic imine (C=N–C) groups is 1. The highest BCUT2D eigenvalue weighted by Gasteiger charge is 2.49. The maximum absolute atomic E-state index is 15.2. The van der Waals surface area contributed by atoms with Crippen LogP contribution in [-0.4, -0.2) is 41.4 Å². The van der Waals surface area contributed by atoms with Gasteiger partial charge >= 0.3 is 0 Å². The van der Waals surface area contributed by atoms with Gasteiger partial charge in [0.2, 0.25) is 11.8 Å². The topological polar surface area (TPSA) is 97.0 Å². The molecule has 3 atom stereocenters. The molecule has 0 spiro atoms. The number of halogens is 2. The van der Waals surface area contributed by atoms with E-state index < -0.39 is 24.3 Å². The fourth-order valence-electron chi connectivity index (χ4n) is 6.71. The van der Waals surface area contributed by atoms with Gasteiger partial charge in [-0.25, -0.2) is 13.8 Å². The third kappa shape index (κ3) is 8.85. The van der Waals surface area contributed by atoms with Gasteiger partial charge in [0.1, 0.15) is 11.4 Å². The van der Waals surface area contributed by atoms with E-state index in [0.29, 0.717) is 5.56 Å². The normalized spacial score (nSPS) is 22.4. The van der Waals surface area contributed by atoms with Crippen molar-refractivity contribution in [1.29, 1.82) is 0 Å². The predicted octanol–water partition coefficient (Wildman–Crippen LogP) is 7.85. The Kier molecular flexibility index (Phi) is 13.2. The number of amides is 2. The van der Waals surface area contributed by atoms with Gasteiger partial charge in [0.05, 0.1) is 12.1 Å². The Bertz CT molecular complexity index is 1360. The molecule has 9 heteroatoms. The van der Waals surface area contributed by atoms with Crippen molar-refractivity contribution in [3.05, 3.63) is 64.7 Å². The summed E-state index contributed by atoms with van der Waals surface area (Å²) in [6.07, 6.45) is 5.55. The summed E-state index contributed by atoms with van der Waals surface area (Å²) in [5.74, 6) is -3.09. The summed E-state index contributed by atoms with van der Waals surface area (Å²) in [6.45, 7) is 12.2. The highest BCUT2D eigenvalue weighted by Crippen LogP contribution is 2.51. The number of aryl methyl sites for hydroxylation is 2. The Labute approximate surface area is 274 Å². The molecule has 3 aliphatic rings. The number of alkyl halides is 2. The van der Waals surface area contributed by atoms with Crippen LogP contribution in [0.3, 0.4) is 0 Å². The molecule has 46 heavy (non-hydrogen) atoms. The number of hydrogen-bond donors (Lipinski definition) is 2. The van der Waals surface area contributed by atoms with Gasteiger partial charge < -0.3 is 15.8 Å². The van der Waals surface area contributed by atoms with Crippen molar-refractivity contribution < 1.29 is 23.1 Å². The Morgan fingerprint density at radius 3 is 2.50 bits per heavy atom. The lowest BCUT2D eigenvalue weighted by Crippen LogP contribution is -2.52. The van der Waals surface area contributed by atoms with Gasteiger partial charge in [0.15, 0.2) is 5.96 Å². The first kappa shape index (κ1) is 37.0. The second-order valence-electron chi connectivity index (χ2n) is 12.6. The molecule has 2 heterocycles. The number of unbranched alkanes of at least 4 members (excludes halogenated alkanes) is 1. The van der Waals surface area contributed by atoms with Crippen LogP contribution >= 0.6 is 0 Å². The minimum atomic E-state index is -3.06. The van der Waals surface area contributed by atoms with E-state index in [-0.39, 0.29) is 54.2 Å². The summed E-state index contributed by atoms with van der Waals surface area (Å²) in [7, 11) is 1.52. The van der Waals surface area contributed by atoms with Crippen molar-refractivity contribution in [2.45, 2.75) is 129 Å². The van der Waals surface area contributed by atoms with Crippen LogP contribution in [0.5, 0.6) is 5.75 Å². The number of benzene rings is 2. The molecule has 2 aromatic rings. The number of nitrogens with two attached hydrogens (primary N) is 1. The lowest BCUT2D eigenvalue weighted by molar-refractivity contribution is -0.133. The molecule has 0 fully saturated rings. The van der Waals surface area contributed by atoms with Crippen LogP contribution in [0.25, 0.3) is 0 Å². The van der Waals surface area contributed by atoms with Crippen molar-refractivity contribution in [2.75, 3.05) is 7.05 Å². The molecule has 3 unspecified atom stereocenters. The number of rotatable bonds is 9. The van der Waals surface area contributed by atoms with Gasteiger partial charge in [-0.3, -0.25) is 14.5 Å². The van der Waals surface area contributed by atoms with Crippen molar-refractivity contribution in [2.24, 2.45) is 16.6 Å². The molecule has 0 aromatic heterocycles. The zero-order chi connectivity index (χ0) is 34.1. The van der Waals surface area contributed by atoms with Crippen molar-refractivity contribution in [3.8, 4) is 5.75 Å². The van der Waals surface area contributed by atoms with E-state index in [1.165, 1.54) is 29.1 Å². The van der Waals surface area contributed by atoms with Gasteiger partial charge in [0, 0.05) is 31.9 Å². The number of carbonyl (C=O) groups excluding carboxylic acids is 2. The number of nitrogens with one attached hydrogen (secondary N) is 1. The largest absolute Gasteiger partial charge is 0.488 e.